The van der Waals surface area contributed by atoms with E-state index >= 15 is 0 Å². The van der Waals surface area contributed by atoms with E-state index in [9.17, 15) is 22.9 Å². The fourth-order valence-electron chi connectivity index (χ4n) is 0.883. The number of hydrogen-bond acceptors (Lipinski definition) is 5. The zero-order valence-electron chi connectivity index (χ0n) is 7.05. The SMILES string of the molecule is NS(=O)(=O)c1cc([N+](=O)[O-])cc(F)c1O. The highest BCUT2D eigenvalue weighted by atomic mass is 32.2. The molecule has 1 aromatic rings. The van der Waals surface area contributed by atoms with Crippen molar-refractivity contribution in [1.82, 2.24) is 0 Å². The van der Waals surface area contributed by atoms with Crippen molar-refractivity contribution >= 4 is 15.7 Å². The molecule has 0 saturated heterocycles. The van der Waals surface area contributed by atoms with Crippen LogP contribution in [0.3, 0.4) is 0 Å². The number of phenolic OH excluding ortho intramolecular Hbond substituents is 1. The normalized spacial score (nSPS) is 11.3. The highest BCUT2D eigenvalue weighted by Gasteiger charge is 2.22. The molecule has 0 spiro atoms. The predicted molar refractivity (Wildman–Crippen MR) is 46.1 cm³/mol. The van der Waals surface area contributed by atoms with E-state index in [-0.39, 0.29) is 0 Å². The minimum atomic E-state index is -4.41. The maximum absolute atomic E-state index is 12.9. The molecule has 0 radical (unpaired) electrons. The van der Waals surface area contributed by atoms with Crippen LogP contribution in [0.15, 0.2) is 17.0 Å². The average Bonchev–Trinajstić information content (AvgIpc) is 2.06. The molecular weight excluding hydrogens is 231 g/mol. The summed E-state index contributed by atoms with van der Waals surface area (Å²) < 4.78 is 34.5. The Morgan fingerprint density at radius 2 is 2.00 bits per heavy atom. The van der Waals surface area contributed by atoms with E-state index in [2.05, 4.69) is 5.14 Å². The van der Waals surface area contributed by atoms with Crippen molar-refractivity contribution in [1.29, 1.82) is 0 Å². The van der Waals surface area contributed by atoms with Crippen LogP contribution in [0.5, 0.6) is 5.75 Å². The molecule has 0 aliphatic heterocycles. The Morgan fingerprint density at radius 1 is 1.47 bits per heavy atom. The number of non-ortho nitro benzene ring substituents is 1. The molecule has 7 nitrogen and oxygen atoms in total. The van der Waals surface area contributed by atoms with E-state index in [1.54, 1.807) is 0 Å². The minimum Gasteiger partial charge on any atom is -0.504 e. The largest absolute Gasteiger partial charge is 0.504 e. The number of benzene rings is 1. The van der Waals surface area contributed by atoms with Crippen LogP contribution in [-0.4, -0.2) is 18.4 Å². The molecule has 0 aliphatic rings. The summed E-state index contributed by atoms with van der Waals surface area (Å²) >= 11 is 0. The molecule has 1 aromatic carbocycles. The van der Waals surface area contributed by atoms with Crippen LogP contribution in [0, 0.1) is 15.9 Å². The van der Waals surface area contributed by atoms with Gasteiger partial charge in [0.1, 0.15) is 4.90 Å². The van der Waals surface area contributed by atoms with Crippen molar-refractivity contribution in [3.8, 4) is 5.75 Å². The number of phenols is 1. The Bertz CT molecular complexity index is 527. The number of primary sulfonamides is 1. The molecule has 0 aliphatic carbocycles. The van der Waals surface area contributed by atoms with Gasteiger partial charge in [-0.25, -0.2) is 17.9 Å². The van der Waals surface area contributed by atoms with Crippen LogP contribution < -0.4 is 5.14 Å². The van der Waals surface area contributed by atoms with Crippen LogP contribution in [0.1, 0.15) is 0 Å². The molecule has 0 unspecified atom stereocenters. The molecule has 0 atom stereocenters. The van der Waals surface area contributed by atoms with E-state index in [4.69, 9.17) is 5.11 Å². The van der Waals surface area contributed by atoms with Crippen molar-refractivity contribution in [2.75, 3.05) is 0 Å². The van der Waals surface area contributed by atoms with Gasteiger partial charge >= 0.3 is 0 Å². The van der Waals surface area contributed by atoms with Crippen LogP contribution in [0.25, 0.3) is 0 Å². The molecule has 3 N–H and O–H groups in total. The Balaban J connectivity index is 3.59. The Kier molecular flexibility index (Phi) is 2.60. The second-order valence-electron chi connectivity index (χ2n) is 2.58. The summed E-state index contributed by atoms with van der Waals surface area (Å²) in [4.78, 5) is 8.24. The number of rotatable bonds is 2. The van der Waals surface area contributed by atoms with Crippen molar-refractivity contribution in [3.63, 3.8) is 0 Å². The van der Waals surface area contributed by atoms with Crippen LogP contribution in [-0.2, 0) is 10.0 Å². The van der Waals surface area contributed by atoms with Gasteiger partial charge in [-0.1, -0.05) is 0 Å². The van der Waals surface area contributed by atoms with E-state index < -0.39 is 37.1 Å². The number of nitro benzene ring substituents is 1. The summed E-state index contributed by atoms with van der Waals surface area (Å²) in [6.45, 7) is 0. The summed E-state index contributed by atoms with van der Waals surface area (Å²) in [7, 11) is -4.41. The fourth-order valence-corrected chi connectivity index (χ4v) is 1.53. The minimum absolute atomic E-state index is 0.393. The van der Waals surface area contributed by atoms with E-state index in [1.165, 1.54) is 0 Å². The zero-order valence-corrected chi connectivity index (χ0v) is 7.86. The molecule has 82 valence electrons. The molecule has 0 heterocycles. The summed E-state index contributed by atoms with van der Waals surface area (Å²) in [6, 6.07) is 0.873. The van der Waals surface area contributed by atoms with Gasteiger partial charge < -0.3 is 5.11 Å². The molecule has 0 saturated carbocycles. The predicted octanol–water partition coefficient (Wildman–Crippen LogP) is 0.0869. The number of nitrogens with zero attached hydrogens (tertiary/aromatic N) is 1. The van der Waals surface area contributed by atoms with E-state index in [0.717, 1.165) is 0 Å². The Morgan fingerprint density at radius 3 is 2.40 bits per heavy atom. The van der Waals surface area contributed by atoms with Gasteiger partial charge in [-0.3, -0.25) is 10.1 Å². The van der Waals surface area contributed by atoms with Crippen LogP contribution in [0.2, 0.25) is 0 Å². The van der Waals surface area contributed by atoms with Gasteiger partial charge in [0, 0.05) is 6.07 Å². The lowest BCUT2D eigenvalue weighted by molar-refractivity contribution is -0.385. The van der Waals surface area contributed by atoms with Crippen molar-refractivity contribution < 1.29 is 22.8 Å². The highest BCUT2D eigenvalue weighted by Crippen LogP contribution is 2.29. The third-order valence-electron chi connectivity index (χ3n) is 1.53. The third-order valence-corrected chi connectivity index (χ3v) is 2.45. The fraction of sp³-hybridized carbons (Fsp3) is 0. The number of aromatic hydroxyl groups is 1. The van der Waals surface area contributed by atoms with Gasteiger partial charge in [-0.05, 0) is 0 Å². The summed E-state index contributed by atoms with van der Waals surface area (Å²) in [5, 5.41) is 23.9. The van der Waals surface area contributed by atoms with Gasteiger partial charge in [0.15, 0.2) is 11.6 Å². The van der Waals surface area contributed by atoms with Gasteiger partial charge in [0.05, 0.1) is 11.0 Å². The lowest BCUT2D eigenvalue weighted by atomic mass is 10.3. The van der Waals surface area contributed by atoms with E-state index in [0.29, 0.717) is 12.1 Å². The first-order valence-corrected chi connectivity index (χ1v) is 4.98. The molecule has 0 bridgehead atoms. The molecule has 0 amide bonds. The molecule has 15 heavy (non-hydrogen) atoms. The summed E-state index contributed by atoms with van der Waals surface area (Å²) in [5.74, 6) is -2.66. The van der Waals surface area contributed by atoms with Crippen LogP contribution in [0.4, 0.5) is 10.1 Å². The lowest BCUT2D eigenvalue weighted by Gasteiger charge is -2.02. The topological polar surface area (TPSA) is 124 Å². The molecular formula is C6H5FN2O5S. The zero-order chi connectivity index (χ0) is 11.8. The lowest BCUT2D eigenvalue weighted by Crippen LogP contribution is -2.13. The first-order valence-electron chi connectivity index (χ1n) is 3.43. The average molecular weight is 236 g/mol. The quantitative estimate of drug-likeness (QED) is 0.556. The van der Waals surface area contributed by atoms with Gasteiger partial charge in [0.25, 0.3) is 5.69 Å². The number of nitrogens with two attached hydrogens (primary N) is 1. The van der Waals surface area contributed by atoms with Crippen LogP contribution >= 0.6 is 0 Å². The van der Waals surface area contributed by atoms with E-state index in [1.807, 2.05) is 0 Å². The van der Waals surface area contributed by atoms with Crippen molar-refractivity contribution in [2.45, 2.75) is 4.90 Å². The smallest absolute Gasteiger partial charge is 0.274 e. The first-order chi connectivity index (χ1) is 6.73. The summed E-state index contributed by atoms with van der Waals surface area (Å²) in [6.07, 6.45) is 0. The second kappa shape index (κ2) is 3.44. The van der Waals surface area contributed by atoms with Gasteiger partial charge in [-0.2, -0.15) is 0 Å². The Labute approximate surface area is 83.1 Å². The summed E-state index contributed by atoms with van der Waals surface area (Å²) in [5.41, 5.74) is -0.811. The number of halogens is 1. The maximum Gasteiger partial charge on any atom is 0.274 e. The second-order valence-corrected chi connectivity index (χ2v) is 4.11. The standard InChI is InChI=1S/C6H5FN2O5S/c7-4-1-3(9(11)12)2-5(6(4)10)15(8,13)14/h1-2,10H,(H2,8,13,14). The number of sulfonamides is 1. The third kappa shape index (κ3) is 2.19. The van der Waals surface area contributed by atoms with Crippen molar-refractivity contribution in [2.24, 2.45) is 5.14 Å². The number of nitro groups is 1. The highest BCUT2D eigenvalue weighted by molar-refractivity contribution is 7.89. The molecule has 0 fully saturated rings. The van der Waals surface area contributed by atoms with Crippen molar-refractivity contribution in [3.05, 3.63) is 28.1 Å². The van der Waals surface area contributed by atoms with Gasteiger partial charge in [-0.15, -0.1) is 0 Å². The molecule has 0 aromatic heterocycles. The Hall–Kier alpha value is -1.74. The van der Waals surface area contributed by atoms with Gasteiger partial charge in [0.2, 0.25) is 10.0 Å². The number of hydrogen-bond donors (Lipinski definition) is 2. The maximum atomic E-state index is 12.9. The first kappa shape index (κ1) is 11.3. The molecule has 1 rings (SSSR count). The molecule has 9 heteroatoms. The monoisotopic (exact) mass is 236 g/mol.